The summed E-state index contributed by atoms with van der Waals surface area (Å²) in [6, 6.07) is 0. The Bertz CT molecular complexity index is 271. The number of aliphatic carboxylic acids is 1. The first-order valence-electron chi connectivity index (χ1n) is 8.42. The summed E-state index contributed by atoms with van der Waals surface area (Å²) in [5, 5.41) is 8.86. The molecule has 0 aromatic carbocycles. The van der Waals surface area contributed by atoms with E-state index in [2.05, 4.69) is 6.92 Å². The molecule has 0 fully saturated rings. The molecule has 5 nitrogen and oxygen atoms in total. The Morgan fingerprint density at radius 1 is 0.955 bits per heavy atom. The maximum absolute atomic E-state index is 10.8. The molecule has 0 aromatic rings. The third-order valence-corrected chi connectivity index (χ3v) is 3.79. The Labute approximate surface area is 158 Å². The van der Waals surface area contributed by atoms with E-state index in [-0.39, 0.29) is 36.1 Å². The van der Waals surface area contributed by atoms with Gasteiger partial charge in [0.2, 0.25) is 0 Å². The molecule has 0 aromatic heterocycles. The number of rotatable bonds is 14. The van der Waals surface area contributed by atoms with Crippen molar-refractivity contribution >= 4 is 35.5 Å². The van der Waals surface area contributed by atoms with Crippen molar-refractivity contribution in [2.45, 2.75) is 83.8 Å². The van der Waals surface area contributed by atoms with E-state index in [1.54, 1.807) is 11.8 Å². The molecule has 0 aliphatic rings. The van der Waals surface area contributed by atoms with E-state index in [4.69, 9.17) is 16.6 Å². The molecule has 0 aliphatic heterocycles. The molecule has 5 N–H and O–H groups in total. The van der Waals surface area contributed by atoms with Gasteiger partial charge in [0.25, 0.3) is 0 Å². The molecule has 0 rings (SSSR count). The molecule has 0 radical (unpaired) electrons. The van der Waals surface area contributed by atoms with Gasteiger partial charge in [0, 0.05) is 6.54 Å². The number of nitrogens with zero attached hydrogens (tertiary/aromatic N) is 1. The van der Waals surface area contributed by atoms with Crippen molar-refractivity contribution in [3.63, 3.8) is 0 Å². The number of carboxylic acid groups (broad SMARTS) is 1. The van der Waals surface area contributed by atoms with Crippen LogP contribution in [-0.4, -0.2) is 64.4 Å². The predicted molar refractivity (Wildman–Crippen MR) is 95.0 cm³/mol. The number of nitrogens with two attached hydrogens (primary N) is 2. The Morgan fingerprint density at radius 3 is 1.73 bits per heavy atom. The first-order chi connectivity index (χ1) is 9.88. The molecule has 0 unspecified atom stereocenters. The number of carbonyl (C=O) groups is 1. The van der Waals surface area contributed by atoms with Crippen molar-refractivity contribution in [2.75, 3.05) is 13.1 Å². The summed E-state index contributed by atoms with van der Waals surface area (Å²) >= 11 is 0. The number of unbranched alkanes of at least 4 members (excludes halogenated alkanes) is 9. The van der Waals surface area contributed by atoms with E-state index in [1.165, 1.54) is 51.4 Å². The van der Waals surface area contributed by atoms with Crippen LogP contribution in [-0.2, 0) is 4.79 Å². The fourth-order valence-electron chi connectivity index (χ4n) is 2.44. The van der Waals surface area contributed by atoms with E-state index in [9.17, 15) is 4.79 Å². The average molecular weight is 325 g/mol. The average Bonchev–Trinajstić information content (AvgIpc) is 2.38. The topological polar surface area (TPSA) is 92.6 Å². The van der Waals surface area contributed by atoms with Crippen molar-refractivity contribution in [3.05, 3.63) is 0 Å². The third kappa shape index (κ3) is 15.3. The first kappa shape index (κ1) is 24.6. The molecule has 0 saturated carbocycles. The fourth-order valence-corrected chi connectivity index (χ4v) is 2.44. The van der Waals surface area contributed by atoms with Gasteiger partial charge >= 0.3 is 35.5 Å². The van der Waals surface area contributed by atoms with Crippen LogP contribution in [0.1, 0.15) is 78.1 Å². The zero-order valence-corrected chi connectivity index (χ0v) is 13.9. The molecule has 128 valence electrons. The zero-order valence-electron chi connectivity index (χ0n) is 13.9. The summed E-state index contributed by atoms with van der Waals surface area (Å²) in [7, 11) is 0. The van der Waals surface area contributed by atoms with Crippen molar-refractivity contribution in [2.24, 2.45) is 11.5 Å². The standard InChI is InChI=1S/C16H35N3O2.Na.H/c1-3-4-5-6-7-8-9-10-11-12-13-19(14-15(20)21)16(2,17)18;;/h3-14,17-18H2,1-2H3,(H,20,21);;. The van der Waals surface area contributed by atoms with Crippen molar-refractivity contribution in [3.8, 4) is 0 Å². The van der Waals surface area contributed by atoms with Gasteiger partial charge in [0.15, 0.2) is 0 Å². The molecule has 0 saturated heterocycles. The minimum absolute atomic E-state index is 0. The Kier molecular flexibility index (Phi) is 16.7. The summed E-state index contributed by atoms with van der Waals surface area (Å²) in [6.07, 6.45) is 12.6. The third-order valence-electron chi connectivity index (χ3n) is 3.79. The van der Waals surface area contributed by atoms with Crippen molar-refractivity contribution < 1.29 is 9.90 Å². The second-order valence-corrected chi connectivity index (χ2v) is 6.22. The van der Waals surface area contributed by atoms with Crippen LogP contribution in [0.15, 0.2) is 0 Å². The van der Waals surface area contributed by atoms with Crippen LogP contribution in [0, 0.1) is 0 Å². The van der Waals surface area contributed by atoms with Crippen molar-refractivity contribution in [1.29, 1.82) is 0 Å². The number of hydrogen-bond donors (Lipinski definition) is 3. The molecule has 6 heteroatoms. The van der Waals surface area contributed by atoms with Gasteiger partial charge in [-0.2, -0.15) is 0 Å². The Morgan fingerprint density at radius 2 is 1.36 bits per heavy atom. The maximum atomic E-state index is 10.8. The van der Waals surface area contributed by atoms with Gasteiger partial charge in [0.1, 0.15) is 5.79 Å². The number of carboxylic acids is 1. The molecular weight excluding hydrogens is 289 g/mol. The van der Waals surface area contributed by atoms with Crippen LogP contribution >= 0.6 is 0 Å². The molecule has 0 atom stereocenters. The molecule has 22 heavy (non-hydrogen) atoms. The van der Waals surface area contributed by atoms with E-state index in [0.717, 1.165) is 12.8 Å². The second kappa shape index (κ2) is 14.9. The summed E-state index contributed by atoms with van der Waals surface area (Å²) in [4.78, 5) is 12.4. The molecule has 0 amide bonds. The molecule has 0 bridgehead atoms. The Hall–Kier alpha value is 0.350. The molecule has 0 aliphatic carbocycles. The second-order valence-electron chi connectivity index (χ2n) is 6.22. The van der Waals surface area contributed by atoms with E-state index in [0.29, 0.717) is 6.54 Å². The van der Waals surface area contributed by atoms with Crippen LogP contribution in [0.4, 0.5) is 0 Å². The van der Waals surface area contributed by atoms with Crippen LogP contribution in [0.5, 0.6) is 0 Å². The van der Waals surface area contributed by atoms with Gasteiger partial charge < -0.3 is 16.6 Å². The first-order valence-corrected chi connectivity index (χ1v) is 8.42. The SMILES string of the molecule is CCCCCCCCCCCCN(CC(=O)O)C(C)(N)N.[NaH]. The summed E-state index contributed by atoms with van der Waals surface area (Å²) in [5.41, 5.74) is 11.6. The van der Waals surface area contributed by atoms with Crippen molar-refractivity contribution in [1.82, 2.24) is 4.90 Å². The summed E-state index contributed by atoms with van der Waals surface area (Å²) in [6.45, 7) is 4.43. The Balaban J connectivity index is 0. The zero-order chi connectivity index (χ0) is 16.1. The minimum atomic E-state index is -1.06. The van der Waals surface area contributed by atoms with Gasteiger partial charge in [-0.1, -0.05) is 64.7 Å². The van der Waals surface area contributed by atoms with E-state index in [1.807, 2.05) is 0 Å². The molecular formula is C16H36N3NaO2. The van der Waals surface area contributed by atoms with Crippen LogP contribution in [0.2, 0.25) is 0 Å². The summed E-state index contributed by atoms with van der Waals surface area (Å²) < 4.78 is 0. The van der Waals surface area contributed by atoms with Gasteiger partial charge in [0.05, 0.1) is 6.54 Å². The van der Waals surface area contributed by atoms with Gasteiger partial charge in [-0.15, -0.1) is 0 Å². The monoisotopic (exact) mass is 325 g/mol. The van der Waals surface area contributed by atoms with Crippen LogP contribution in [0.25, 0.3) is 0 Å². The van der Waals surface area contributed by atoms with E-state index < -0.39 is 11.8 Å². The molecule has 0 heterocycles. The normalized spacial score (nSPS) is 11.5. The fraction of sp³-hybridized carbons (Fsp3) is 0.938. The van der Waals surface area contributed by atoms with E-state index >= 15 is 0 Å². The van der Waals surface area contributed by atoms with Gasteiger partial charge in [-0.25, -0.2) is 0 Å². The predicted octanol–water partition coefficient (Wildman–Crippen LogP) is 2.24. The van der Waals surface area contributed by atoms with Gasteiger partial charge in [-0.3, -0.25) is 9.69 Å². The number of hydrogen-bond acceptors (Lipinski definition) is 4. The van der Waals surface area contributed by atoms with Crippen LogP contribution < -0.4 is 11.5 Å². The molecule has 0 spiro atoms. The summed E-state index contributed by atoms with van der Waals surface area (Å²) in [5.74, 6) is -1.94. The quantitative estimate of drug-likeness (QED) is 0.259. The van der Waals surface area contributed by atoms with Crippen LogP contribution in [0.3, 0.4) is 0 Å². The van der Waals surface area contributed by atoms with Gasteiger partial charge in [-0.05, 0) is 13.3 Å².